The third-order valence-electron chi connectivity index (χ3n) is 4.42. The van der Waals surface area contributed by atoms with Crippen molar-refractivity contribution in [1.29, 1.82) is 0 Å². The van der Waals surface area contributed by atoms with E-state index in [1.807, 2.05) is 0 Å². The van der Waals surface area contributed by atoms with Crippen LogP contribution in [0.5, 0.6) is 0 Å². The van der Waals surface area contributed by atoms with Crippen LogP contribution in [-0.4, -0.2) is 48.2 Å². The van der Waals surface area contributed by atoms with Crippen molar-refractivity contribution in [2.75, 3.05) is 26.2 Å². The molecule has 2 aliphatic rings. The number of carbonyl (C=O) groups is 2. The maximum Gasteiger partial charge on any atom is 0.357 e. The minimum absolute atomic E-state index is 0.255. The lowest BCUT2D eigenvalue weighted by molar-refractivity contribution is -0.122. The van der Waals surface area contributed by atoms with E-state index in [0.717, 1.165) is 64.7 Å². The molecule has 1 aromatic rings. The first-order valence-corrected chi connectivity index (χ1v) is 8.77. The summed E-state index contributed by atoms with van der Waals surface area (Å²) in [5.41, 5.74) is 0.509. The van der Waals surface area contributed by atoms with E-state index in [0.29, 0.717) is 0 Å². The molecule has 0 unspecified atom stereocenters. The molecule has 2 heterocycles. The first kappa shape index (κ1) is 16.9. The van der Waals surface area contributed by atoms with Crippen molar-refractivity contribution in [2.45, 2.75) is 38.5 Å². The SMILES string of the molecule is O=C(ON1CCCCC1)c1ccccc1C(=O)ON1CCCCC1. The summed E-state index contributed by atoms with van der Waals surface area (Å²) in [5, 5.41) is 3.36. The number of nitrogens with zero attached hydrogens (tertiary/aromatic N) is 2. The van der Waals surface area contributed by atoms with Gasteiger partial charge < -0.3 is 9.68 Å². The Labute approximate surface area is 142 Å². The summed E-state index contributed by atoms with van der Waals surface area (Å²) in [6.07, 6.45) is 6.40. The van der Waals surface area contributed by atoms with E-state index in [1.165, 1.54) is 0 Å². The minimum atomic E-state index is -0.497. The molecule has 6 heteroatoms. The lowest BCUT2D eigenvalue weighted by Crippen LogP contribution is -2.34. The van der Waals surface area contributed by atoms with E-state index in [9.17, 15) is 9.59 Å². The van der Waals surface area contributed by atoms with Gasteiger partial charge in [-0.25, -0.2) is 9.59 Å². The molecular formula is C18H24N2O4. The molecule has 6 nitrogen and oxygen atoms in total. The van der Waals surface area contributed by atoms with Crippen molar-refractivity contribution in [3.8, 4) is 0 Å². The summed E-state index contributed by atoms with van der Waals surface area (Å²) >= 11 is 0. The number of benzene rings is 1. The lowest BCUT2D eigenvalue weighted by Gasteiger charge is -2.26. The third kappa shape index (κ3) is 4.33. The van der Waals surface area contributed by atoms with Crippen molar-refractivity contribution in [2.24, 2.45) is 0 Å². The quantitative estimate of drug-likeness (QED) is 0.845. The van der Waals surface area contributed by atoms with Gasteiger partial charge in [-0.3, -0.25) is 0 Å². The predicted molar refractivity (Wildman–Crippen MR) is 88.1 cm³/mol. The zero-order valence-electron chi connectivity index (χ0n) is 13.9. The van der Waals surface area contributed by atoms with E-state index >= 15 is 0 Å². The van der Waals surface area contributed by atoms with Gasteiger partial charge in [0.25, 0.3) is 0 Å². The van der Waals surface area contributed by atoms with Crippen molar-refractivity contribution in [3.63, 3.8) is 0 Å². The van der Waals surface area contributed by atoms with E-state index < -0.39 is 11.9 Å². The second-order valence-electron chi connectivity index (χ2n) is 6.28. The fourth-order valence-electron chi connectivity index (χ4n) is 3.08. The first-order chi connectivity index (χ1) is 11.7. The Morgan fingerprint density at radius 1 is 0.667 bits per heavy atom. The average molecular weight is 332 g/mol. The van der Waals surface area contributed by atoms with Gasteiger partial charge in [0, 0.05) is 26.2 Å². The second kappa shape index (κ2) is 8.26. The summed E-state index contributed by atoms with van der Waals surface area (Å²) < 4.78 is 0. The summed E-state index contributed by atoms with van der Waals surface area (Å²) in [7, 11) is 0. The summed E-state index contributed by atoms with van der Waals surface area (Å²) in [5.74, 6) is -0.994. The molecule has 0 atom stereocenters. The molecule has 0 N–H and O–H groups in total. The fourth-order valence-corrected chi connectivity index (χ4v) is 3.08. The van der Waals surface area contributed by atoms with Crippen molar-refractivity contribution < 1.29 is 19.3 Å². The van der Waals surface area contributed by atoms with Gasteiger partial charge >= 0.3 is 11.9 Å². The molecule has 0 amide bonds. The topological polar surface area (TPSA) is 59.1 Å². The van der Waals surface area contributed by atoms with Gasteiger partial charge in [-0.15, -0.1) is 10.1 Å². The largest absolute Gasteiger partial charge is 0.364 e. The summed E-state index contributed by atoms with van der Waals surface area (Å²) in [6, 6.07) is 6.67. The lowest BCUT2D eigenvalue weighted by atomic mass is 10.1. The Hall–Kier alpha value is -1.92. The van der Waals surface area contributed by atoms with Crippen LogP contribution in [-0.2, 0) is 9.68 Å². The molecule has 24 heavy (non-hydrogen) atoms. The molecule has 0 spiro atoms. The van der Waals surface area contributed by atoms with Crippen LogP contribution in [0.15, 0.2) is 24.3 Å². The van der Waals surface area contributed by atoms with Gasteiger partial charge in [-0.05, 0) is 37.8 Å². The van der Waals surface area contributed by atoms with Crippen LogP contribution in [0.25, 0.3) is 0 Å². The Kier molecular flexibility index (Phi) is 5.82. The number of rotatable bonds is 4. The molecule has 0 aromatic heterocycles. The van der Waals surface area contributed by atoms with Crippen molar-refractivity contribution in [1.82, 2.24) is 10.1 Å². The van der Waals surface area contributed by atoms with Crippen LogP contribution in [0.2, 0.25) is 0 Å². The zero-order chi connectivity index (χ0) is 16.8. The molecule has 2 saturated heterocycles. The molecule has 0 radical (unpaired) electrons. The third-order valence-corrected chi connectivity index (χ3v) is 4.42. The number of hydroxylamine groups is 4. The summed E-state index contributed by atoms with van der Waals surface area (Å²) in [4.78, 5) is 35.8. The molecule has 0 bridgehead atoms. The van der Waals surface area contributed by atoms with Gasteiger partial charge in [0.1, 0.15) is 0 Å². The van der Waals surface area contributed by atoms with Crippen LogP contribution in [0, 0.1) is 0 Å². The van der Waals surface area contributed by atoms with Gasteiger partial charge in [0.05, 0.1) is 11.1 Å². The molecule has 3 rings (SSSR count). The first-order valence-electron chi connectivity index (χ1n) is 8.77. The molecule has 2 aliphatic heterocycles. The highest BCUT2D eigenvalue weighted by Crippen LogP contribution is 2.17. The van der Waals surface area contributed by atoms with Crippen LogP contribution >= 0.6 is 0 Å². The molecular weight excluding hydrogens is 308 g/mol. The zero-order valence-corrected chi connectivity index (χ0v) is 13.9. The van der Waals surface area contributed by atoms with Crippen molar-refractivity contribution >= 4 is 11.9 Å². The summed E-state index contributed by atoms with van der Waals surface area (Å²) in [6.45, 7) is 2.97. The Morgan fingerprint density at radius 2 is 1.04 bits per heavy atom. The number of hydrogen-bond acceptors (Lipinski definition) is 6. The number of hydrogen-bond donors (Lipinski definition) is 0. The Bertz CT molecular complexity index is 527. The molecule has 0 aliphatic carbocycles. The Balaban J connectivity index is 1.67. The van der Waals surface area contributed by atoms with Crippen LogP contribution < -0.4 is 0 Å². The molecule has 1 aromatic carbocycles. The highest BCUT2D eigenvalue weighted by Gasteiger charge is 2.24. The van der Waals surface area contributed by atoms with Gasteiger partial charge in [0.2, 0.25) is 0 Å². The van der Waals surface area contributed by atoms with Gasteiger partial charge in [-0.1, -0.05) is 25.0 Å². The smallest absolute Gasteiger partial charge is 0.357 e. The number of piperidine rings is 2. The molecule has 130 valence electrons. The standard InChI is InChI=1S/C18H24N2O4/c21-17(23-19-11-5-1-6-12-19)15-9-3-4-10-16(15)18(22)24-20-13-7-2-8-14-20/h3-4,9-10H,1-2,5-8,11-14H2. The highest BCUT2D eigenvalue weighted by atomic mass is 16.7. The van der Waals surface area contributed by atoms with Crippen molar-refractivity contribution in [3.05, 3.63) is 35.4 Å². The predicted octanol–water partition coefficient (Wildman–Crippen LogP) is 2.80. The normalized spacial score (nSPS) is 19.7. The van der Waals surface area contributed by atoms with E-state index in [1.54, 1.807) is 34.4 Å². The van der Waals surface area contributed by atoms with E-state index in [2.05, 4.69) is 0 Å². The van der Waals surface area contributed by atoms with Gasteiger partial charge in [0.15, 0.2) is 0 Å². The van der Waals surface area contributed by atoms with E-state index in [-0.39, 0.29) is 11.1 Å². The maximum absolute atomic E-state index is 12.4. The fraction of sp³-hybridized carbons (Fsp3) is 0.556. The maximum atomic E-state index is 12.4. The average Bonchev–Trinajstić information content (AvgIpc) is 2.63. The monoisotopic (exact) mass is 332 g/mol. The number of carbonyl (C=O) groups excluding carboxylic acids is 2. The minimum Gasteiger partial charge on any atom is -0.364 e. The van der Waals surface area contributed by atoms with Crippen LogP contribution in [0.4, 0.5) is 0 Å². The van der Waals surface area contributed by atoms with Gasteiger partial charge in [-0.2, -0.15) is 0 Å². The highest BCUT2D eigenvalue weighted by molar-refractivity contribution is 6.02. The Morgan fingerprint density at radius 3 is 1.42 bits per heavy atom. The van der Waals surface area contributed by atoms with E-state index in [4.69, 9.17) is 9.68 Å². The molecule has 2 fully saturated rings. The second-order valence-corrected chi connectivity index (χ2v) is 6.28. The van der Waals surface area contributed by atoms with Crippen LogP contribution in [0.1, 0.15) is 59.2 Å². The van der Waals surface area contributed by atoms with Crippen LogP contribution in [0.3, 0.4) is 0 Å². The molecule has 0 saturated carbocycles.